The highest BCUT2D eigenvalue weighted by molar-refractivity contribution is 5.22. The van der Waals surface area contributed by atoms with E-state index in [1.807, 2.05) is 12.2 Å². The molecule has 3 heteroatoms. The van der Waals surface area contributed by atoms with Gasteiger partial charge in [-0.3, -0.25) is 0 Å². The van der Waals surface area contributed by atoms with Crippen molar-refractivity contribution in [1.29, 1.82) is 0 Å². The van der Waals surface area contributed by atoms with Crippen LogP contribution in [0.2, 0.25) is 0 Å². The maximum Gasteiger partial charge on any atom is 0.129 e. The Kier molecular flexibility index (Phi) is 5.84. The van der Waals surface area contributed by atoms with Crippen molar-refractivity contribution in [3.05, 3.63) is 47.5 Å². The van der Waals surface area contributed by atoms with Crippen LogP contribution in [0.25, 0.3) is 0 Å². The molecule has 0 heterocycles. The minimum absolute atomic E-state index is 0.139. The Hall–Kier alpha value is -1.22. The van der Waals surface area contributed by atoms with Crippen molar-refractivity contribution in [2.45, 2.75) is 32.7 Å². The third-order valence-electron chi connectivity index (χ3n) is 2.41. The van der Waals surface area contributed by atoms with Gasteiger partial charge in [0.2, 0.25) is 0 Å². The normalized spacial score (nSPS) is 11.6. The van der Waals surface area contributed by atoms with E-state index in [-0.39, 0.29) is 5.56 Å². The molecule has 0 unspecified atom stereocenters. The van der Waals surface area contributed by atoms with Crippen LogP contribution in [0.15, 0.2) is 30.4 Å². The molecule has 1 aromatic carbocycles. The second-order valence-corrected chi connectivity index (χ2v) is 4.27. The Morgan fingerprint density at radius 1 is 1.18 bits per heavy atom. The first-order valence-corrected chi connectivity index (χ1v) is 5.92. The van der Waals surface area contributed by atoms with E-state index in [9.17, 15) is 8.78 Å². The number of halogens is 2. The summed E-state index contributed by atoms with van der Waals surface area (Å²) >= 11 is 0. The molecule has 0 radical (unpaired) electrons. The van der Waals surface area contributed by atoms with Gasteiger partial charge in [-0.15, -0.1) is 0 Å². The quantitative estimate of drug-likeness (QED) is 0.592. The van der Waals surface area contributed by atoms with Crippen molar-refractivity contribution in [3.8, 4) is 0 Å². The van der Waals surface area contributed by atoms with Gasteiger partial charge in [0, 0.05) is 11.6 Å². The van der Waals surface area contributed by atoms with Crippen molar-refractivity contribution in [1.82, 2.24) is 5.32 Å². The van der Waals surface area contributed by atoms with Crippen LogP contribution < -0.4 is 5.32 Å². The number of allylic oxidation sites excluding steroid dienone is 1. The maximum absolute atomic E-state index is 13.2. The zero-order chi connectivity index (χ0) is 12.7. The van der Waals surface area contributed by atoms with Crippen LogP contribution in [0.4, 0.5) is 8.78 Å². The number of rotatable bonds is 6. The van der Waals surface area contributed by atoms with Crippen LogP contribution >= 0.6 is 0 Å². The zero-order valence-corrected chi connectivity index (χ0v) is 10.3. The molecule has 0 atom stereocenters. The number of benzene rings is 1. The van der Waals surface area contributed by atoms with Crippen LogP contribution in [-0.4, -0.2) is 12.6 Å². The van der Waals surface area contributed by atoms with Gasteiger partial charge in [-0.25, -0.2) is 8.78 Å². The molecule has 0 bridgehead atoms. The van der Waals surface area contributed by atoms with Gasteiger partial charge in [0.25, 0.3) is 0 Å². The van der Waals surface area contributed by atoms with Crippen LogP contribution in [0.5, 0.6) is 0 Å². The topological polar surface area (TPSA) is 12.0 Å². The second-order valence-electron chi connectivity index (χ2n) is 4.27. The summed E-state index contributed by atoms with van der Waals surface area (Å²) in [6.07, 6.45) is 4.93. The van der Waals surface area contributed by atoms with Gasteiger partial charge in [-0.2, -0.15) is 0 Å². The Bertz CT molecular complexity index is 352. The van der Waals surface area contributed by atoms with Gasteiger partial charge < -0.3 is 5.32 Å². The van der Waals surface area contributed by atoms with E-state index in [1.54, 1.807) is 0 Å². The maximum atomic E-state index is 13.2. The smallest absolute Gasteiger partial charge is 0.129 e. The van der Waals surface area contributed by atoms with Crippen molar-refractivity contribution in [3.63, 3.8) is 0 Å². The minimum Gasteiger partial charge on any atom is -0.314 e. The molecular weight excluding hydrogens is 220 g/mol. The van der Waals surface area contributed by atoms with Crippen molar-refractivity contribution in [2.75, 3.05) is 6.54 Å². The lowest BCUT2D eigenvalue weighted by atomic mass is 10.1. The Balaban J connectivity index is 2.37. The Morgan fingerprint density at radius 3 is 2.41 bits per heavy atom. The summed E-state index contributed by atoms with van der Waals surface area (Å²) in [6, 6.07) is 4.41. The van der Waals surface area contributed by atoms with Crippen molar-refractivity contribution >= 4 is 0 Å². The molecular formula is C14H19F2N. The molecule has 0 amide bonds. The van der Waals surface area contributed by atoms with E-state index in [0.29, 0.717) is 12.5 Å². The van der Waals surface area contributed by atoms with Crippen molar-refractivity contribution < 1.29 is 8.78 Å². The molecule has 0 spiro atoms. The molecule has 0 saturated carbocycles. The van der Waals surface area contributed by atoms with Crippen molar-refractivity contribution in [2.24, 2.45) is 0 Å². The predicted molar refractivity (Wildman–Crippen MR) is 67.0 cm³/mol. The first kappa shape index (κ1) is 13.8. The molecule has 17 heavy (non-hydrogen) atoms. The van der Waals surface area contributed by atoms with Gasteiger partial charge in [0.15, 0.2) is 0 Å². The SMILES string of the molecule is CC(C)NCC/C=C/Cc1c(F)cccc1F. The molecule has 1 nitrogen and oxygen atoms in total. The molecule has 0 aromatic heterocycles. The third kappa shape index (κ3) is 5.09. The molecule has 1 aromatic rings. The van der Waals surface area contributed by atoms with E-state index >= 15 is 0 Å². The highest BCUT2D eigenvalue weighted by atomic mass is 19.1. The van der Waals surface area contributed by atoms with Gasteiger partial charge in [0.05, 0.1) is 0 Å². The summed E-state index contributed by atoms with van der Waals surface area (Å²) in [5.74, 6) is -0.954. The average Bonchev–Trinajstić information content (AvgIpc) is 2.26. The molecule has 0 saturated heterocycles. The first-order valence-electron chi connectivity index (χ1n) is 5.92. The second kappa shape index (κ2) is 7.17. The van der Waals surface area contributed by atoms with E-state index in [1.165, 1.54) is 18.2 Å². The number of hydrogen-bond acceptors (Lipinski definition) is 1. The van der Waals surface area contributed by atoms with Gasteiger partial charge >= 0.3 is 0 Å². The molecule has 0 aliphatic rings. The highest BCUT2D eigenvalue weighted by Crippen LogP contribution is 2.12. The first-order chi connectivity index (χ1) is 8.11. The lowest BCUT2D eigenvalue weighted by molar-refractivity contribution is 0.562. The standard InChI is InChI=1S/C14H19F2N/c1-11(2)17-10-5-3-4-7-12-13(15)8-6-9-14(12)16/h3-4,6,8-9,11,17H,5,7,10H2,1-2H3/b4-3+. The van der Waals surface area contributed by atoms with E-state index in [2.05, 4.69) is 19.2 Å². The van der Waals surface area contributed by atoms with Crippen LogP contribution in [0.1, 0.15) is 25.8 Å². The molecule has 0 fully saturated rings. The summed E-state index contributed by atoms with van der Waals surface area (Å²) in [7, 11) is 0. The van der Waals surface area contributed by atoms with Crippen LogP contribution in [-0.2, 0) is 6.42 Å². The number of nitrogens with one attached hydrogen (secondary N) is 1. The van der Waals surface area contributed by atoms with Crippen LogP contribution in [0, 0.1) is 11.6 Å². The summed E-state index contributed by atoms with van der Waals surface area (Å²) in [5, 5.41) is 3.27. The van der Waals surface area contributed by atoms with Gasteiger partial charge in [0.1, 0.15) is 11.6 Å². The molecule has 1 N–H and O–H groups in total. The Labute approximate surface area is 102 Å². The predicted octanol–water partition coefficient (Wildman–Crippen LogP) is 3.45. The molecule has 0 aliphatic carbocycles. The summed E-state index contributed by atoms with van der Waals surface area (Å²) in [5.41, 5.74) is 0.139. The fourth-order valence-electron chi connectivity index (χ4n) is 1.50. The largest absolute Gasteiger partial charge is 0.314 e. The minimum atomic E-state index is -0.477. The fraction of sp³-hybridized carbons (Fsp3) is 0.429. The van der Waals surface area contributed by atoms with Gasteiger partial charge in [-0.1, -0.05) is 32.1 Å². The number of hydrogen-bond donors (Lipinski definition) is 1. The van der Waals surface area contributed by atoms with Gasteiger partial charge in [-0.05, 0) is 31.5 Å². The zero-order valence-electron chi connectivity index (χ0n) is 10.3. The molecule has 1 rings (SSSR count). The molecule has 0 aliphatic heterocycles. The van der Waals surface area contributed by atoms with E-state index < -0.39 is 11.6 Å². The lowest BCUT2D eigenvalue weighted by Gasteiger charge is -2.05. The van der Waals surface area contributed by atoms with E-state index in [4.69, 9.17) is 0 Å². The fourth-order valence-corrected chi connectivity index (χ4v) is 1.50. The van der Waals surface area contributed by atoms with E-state index in [0.717, 1.165) is 13.0 Å². The summed E-state index contributed by atoms with van der Waals surface area (Å²) in [4.78, 5) is 0. The van der Waals surface area contributed by atoms with Crippen LogP contribution in [0.3, 0.4) is 0 Å². The highest BCUT2D eigenvalue weighted by Gasteiger charge is 2.05. The molecule has 94 valence electrons. The Morgan fingerprint density at radius 2 is 1.82 bits per heavy atom. The third-order valence-corrected chi connectivity index (χ3v) is 2.41. The average molecular weight is 239 g/mol. The lowest BCUT2D eigenvalue weighted by Crippen LogP contribution is -2.23. The monoisotopic (exact) mass is 239 g/mol. The summed E-state index contributed by atoms with van der Waals surface area (Å²) < 4.78 is 26.5. The summed E-state index contributed by atoms with van der Waals surface area (Å²) in [6.45, 7) is 5.05.